The van der Waals surface area contributed by atoms with Crippen LogP contribution in [0.25, 0.3) is 0 Å². The zero-order valence-electron chi connectivity index (χ0n) is 13.5. The van der Waals surface area contributed by atoms with Gasteiger partial charge in [-0.05, 0) is 33.7 Å². The van der Waals surface area contributed by atoms with Crippen LogP contribution in [0.1, 0.15) is 52.7 Å². The van der Waals surface area contributed by atoms with Gasteiger partial charge in [0.2, 0.25) is 0 Å². The van der Waals surface area contributed by atoms with Gasteiger partial charge in [-0.3, -0.25) is 0 Å². The second kappa shape index (κ2) is 5.68. The Balaban J connectivity index is 3.33. The Kier molecular flexibility index (Phi) is 4.86. The Bertz CT molecular complexity index is 464. The summed E-state index contributed by atoms with van der Waals surface area (Å²) in [5.74, 6) is 2.78. The summed E-state index contributed by atoms with van der Waals surface area (Å²) in [6.45, 7) is 16.3. The summed E-state index contributed by atoms with van der Waals surface area (Å²) >= 11 is 0. The molecular formula is C18H27P. The lowest BCUT2D eigenvalue weighted by Crippen LogP contribution is -2.31. The van der Waals surface area contributed by atoms with Crippen LogP contribution < -0.4 is 5.30 Å². The van der Waals surface area contributed by atoms with Crippen LogP contribution >= 0.6 is 7.92 Å². The smallest absolute Gasteiger partial charge is 0.0340 e. The summed E-state index contributed by atoms with van der Waals surface area (Å²) in [5, 5.41) is 2.08. The maximum Gasteiger partial charge on any atom is 0.0340 e. The molecule has 19 heavy (non-hydrogen) atoms. The second-order valence-corrected chi connectivity index (χ2v) is 11.0. The van der Waals surface area contributed by atoms with Gasteiger partial charge in [0.05, 0.1) is 0 Å². The van der Waals surface area contributed by atoms with Gasteiger partial charge >= 0.3 is 0 Å². The molecule has 0 unspecified atom stereocenters. The average molecular weight is 274 g/mol. The van der Waals surface area contributed by atoms with Gasteiger partial charge in [-0.2, -0.15) is 0 Å². The molecule has 1 rings (SSSR count). The molecule has 0 aliphatic heterocycles. The summed E-state index contributed by atoms with van der Waals surface area (Å²) in [6.07, 6.45) is 6.22. The first-order chi connectivity index (χ1) is 8.57. The number of aryl methyl sites for hydroxylation is 1. The van der Waals surface area contributed by atoms with Crippen molar-refractivity contribution >= 4 is 13.2 Å². The molecule has 1 aromatic rings. The molecule has 0 aromatic heterocycles. The maximum absolute atomic E-state index is 5.48. The fourth-order valence-electron chi connectivity index (χ4n) is 2.88. The van der Waals surface area contributed by atoms with Crippen molar-refractivity contribution in [2.24, 2.45) is 0 Å². The van der Waals surface area contributed by atoms with Crippen LogP contribution in [0.2, 0.25) is 0 Å². The minimum absolute atomic E-state index is 0.246. The number of benzene rings is 1. The van der Waals surface area contributed by atoms with Crippen LogP contribution in [0.15, 0.2) is 18.2 Å². The zero-order valence-corrected chi connectivity index (χ0v) is 14.4. The van der Waals surface area contributed by atoms with E-state index in [9.17, 15) is 0 Å². The fraction of sp³-hybridized carbons (Fsp3) is 0.556. The molecule has 1 heteroatoms. The lowest BCUT2D eigenvalue weighted by atomic mass is 10.1. The highest BCUT2D eigenvalue weighted by Gasteiger charge is 2.35. The van der Waals surface area contributed by atoms with Gasteiger partial charge in [-0.15, -0.1) is 12.3 Å². The molecule has 0 spiro atoms. The maximum atomic E-state index is 5.48. The van der Waals surface area contributed by atoms with Crippen molar-refractivity contribution in [1.82, 2.24) is 0 Å². The van der Waals surface area contributed by atoms with Crippen molar-refractivity contribution < 1.29 is 0 Å². The van der Waals surface area contributed by atoms with E-state index in [1.807, 2.05) is 0 Å². The van der Waals surface area contributed by atoms with Crippen molar-refractivity contribution in [2.75, 3.05) is 0 Å². The zero-order chi connectivity index (χ0) is 14.8. The van der Waals surface area contributed by atoms with Crippen molar-refractivity contribution in [3.8, 4) is 12.3 Å². The molecule has 0 saturated carbocycles. The van der Waals surface area contributed by atoms with E-state index in [0.29, 0.717) is 10.3 Å². The van der Waals surface area contributed by atoms with Crippen molar-refractivity contribution in [1.29, 1.82) is 0 Å². The first-order valence-corrected chi connectivity index (χ1v) is 8.25. The van der Waals surface area contributed by atoms with Crippen LogP contribution in [-0.4, -0.2) is 10.3 Å². The van der Waals surface area contributed by atoms with E-state index >= 15 is 0 Å². The second-order valence-electron chi connectivity index (χ2n) is 7.17. The molecule has 0 saturated heterocycles. The van der Waals surface area contributed by atoms with Gasteiger partial charge in [-0.25, -0.2) is 0 Å². The van der Waals surface area contributed by atoms with E-state index in [1.165, 1.54) is 16.4 Å². The van der Waals surface area contributed by atoms with Gasteiger partial charge in [0.1, 0.15) is 0 Å². The van der Waals surface area contributed by atoms with Crippen LogP contribution in [0.5, 0.6) is 0 Å². The lowest BCUT2D eigenvalue weighted by Gasteiger charge is -2.42. The largest absolute Gasteiger partial charge is 0.120 e. The van der Waals surface area contributed by atoms with Gasteiger partial charge in [0.15, 0.2) is 0 Å². The lowest BCUT2D eigenvalue weighted by molar-refractivity contribution is 0.715. The van der Waals surface area contributed by atoms with Gasteiger partial charge in [-0.1, -0.05) is 67.7 Å². The summed E-state index contributed by atoms with van der Waals surface area (Å²) in [6, 6.07) is 6.88. The number of hydrogen-bond acceptors (Lipinski definition) is 0. The van der Waals surface area contributed by atoms with Crippen molar-refractivity contribution in [3.63, 3.8) is 0 Å². The molecule has 1 aromatic carbocycles. The molecule has 0 aliphatic rings. The first kappa shape index (κ1) is 16.3. The monoisotopic (exact) mass is 274 g/mol. The summed E-state index contributed by atoms with van der Waals surface area (Å²) in [7, 11) is -0.246. The van der Waals surface area contributed by atoms with Gasteiger partial charge < -0.3 is 0 Å². The van der Waals surface area contributed by atoms with Crippen LogP contribution in [0.3, 0.4) is 0 Å². The highest BCUT2D eigenvalue weighted by Crippen LogP contribution is 2.58. The summed E-state index contributed by atoms with van der Waals surface area (Å²) in [4.78, 5) is 0. The molecule has 0 fully saturated rings. The topological polar surface area (TPSA) is 0 Å². The van der Waals surface area contributed by atoms with E-state index in [0.717, 1.165) is 6.42 Å². The van der Waals surface area contributed by atoms with E-state index in [4.69, 9.17) is 6.42 Å². The van der Waals surface area contributed by atoms with Crippen LogP contribution in [0.4, 0.5) is 0 Å². The Labute approximate surface area is 120 Å². The van der Waals surface area contributed by atoms with Gasteiger partial charge in [0, 0.05) is 6.42 Å². The Morgan fingerprint density at radius 1 is 1.05 bits per heavy atom. The van der Waals surface area contributed by atoms with E-state index < -0.39 is 0 Å². The molecule has 0 heterocycles. The number of terminal acetylenes is 1. The Morgan fingerprint density at radius 3 is 2.00 bits per heavy atom. The number of rotatable bonds is 2. The molecule has 0 bridgehead atoms. The molecular weight excluding hydrogens is 247 g/mol. The molecule has 104 valence electrons. The minimum atomic E-state index is -0.246. The average Bonchev–Trinajstić information content (AvgIpc) is 2.19. The molecule has 0 N–H and O–H groups in total. The molecule has 0 amide bonds. The third kappa shape index (κ3) is 4.09. The van der Waals surface area contributed by atoms with E-state index in [1.54, 1.807) is 0 Å². The normalized spacial score (nSPS) is 12.6. The Hall–Kier alpha value is -0.790. The van der Waals surface area contributed by atoms with Crippen LogP contribution in [-0.2, 0) is 6.42 Å². The van der Waals surface area contributed by atoms with E-state index in [-0.39, 0.29) is 7.92 Å². The quantitative estimate of drug-likeness (QED) is 0.533. The predicted octanol–water partition coefficient (Wildman–Crippen LogP) is 4.87. The predicted molar refractivity (Wildman–Crippen MR) is 89.8 cm³/mol. The fourth-order valence-corrected chi connectivity index (χ4v) is 6.95. The molecule has 0 nitrogen and oxygen atoms in total. The van der Waals surface area contributed by atoms with Crippen molar-refractivity contribution in [2.45, 2.75) is 65.2 Å². The third-order valence-electron chi connectivity index (χ3n) is 3.23. The highest BCUT2D eigenvalue weighted by molar-refractivity contribution is 7.68. The van der Waals surface area contributed by atoms with E-state index in [2.05, 4.69) is 72.6 Å². The number of hydrogen-bond donors (Lipinski definition) is 0. The summed E-state index contributed by atoms with van der Waals surface area (Å²) < 4.78 is 0. The summed E-state index contributed by atoms with van der Waals surface area (Å²) in [5.41, 5.74) is 2.61. The minimum Gasteiger partial charge on any atom is -0.120 e. The van der Waals surface area contributed by atoms with Gasteiger partial charge in [0.25, 0.3) is 0 Å². The van der Waals surface area contributed by atoms with Crippen LogP contribution in [0, 0.1) is 19.3 Å². The highest BCUT2D eigenvalue weighted by atomic mass is 31.1. The third-order valence-corrected chi connectivity index (χ3v) is 6.70. The first-order valence-electron chi connectivity index (χ1n) is 6.90. The molecule has 0 atom stereocenters. The molecule has 0 radical (unpaired) electrons. The Morgan fingerprint density at radius 2 is 1.58 bits per heavy atom. The van der Waals surface area contributed by atoms with Crippen molar-refractivity contribution in [3.05, 3.63) is 29.3 Å². The molecule has 0 aliphatic carbocycles. The standard InChI is InChI=1S/C18H27P/c1-9-10-15-13-16(12-11-14(15)2)19(17(3,4)5)18(6,7)8/h1,11-13H,10H2,2-8H3. The SMILES string of the molecule is C#CCc1cc(P(C(C)(C)C)C(C)(C)C)ccc1C.